The van der Waals surface area contributed by atoms with Gasteiger partial charge in [0.25, 0.3) is 0 Å². The average molecular weight is 452 g/mol. The van der Waals surface area contributed by atoms with Crippen LogP contribution in [0.25, 0.3) is 4.85 Å². The zero-order valence-electron chi connectivity index (χ0n) is 19.3. The van der Waals surface area contributed by atoms with Crippen molar-refractivity contribution in [3.63, 3.8) is 0 Å². The van der Waals surface area contributed by atoms with Crippen LogP contribution < -0.4 is 0 Å². The number of carbonyl (C=O) groups is 1. The fourth-order valence-corrected chi connectivity index (χ4v) is 5.51. The number of piperidine rings is 2. The lowest BCUT2D eigenvalue weighted by Crippen LogP contribution is -2.62. The van der Waals surface area contributed by atoms with E-state index in [4.69, 9.17) is 11.3 Å². The Kier molecular flexibility index (Phi) is 6.33. The van der Waals surface area contributed by atoms with E-state index in [1.165, 1.54) is 5.56 Å². The molecule has 5 rings (SSSR count). The molecule has 2 aliphatic rings. The number of amides is 1. The normalized spacial score (nSPS) is 22.1. The molecule has 3 aromatic carbocycles. The highest BCUT2D eigenvalue weighted by Gasteiger charge is 2.50. The van der Waals surface area contributed by atoms with Crippen molar-refractivity contribution in [2.45, 2.75) is 44.0 Å². The number of fused-ring (bicyclic) bond motifs is 2. The van der Waals surface area contributed by atoms with Crippen molar-refractivity contribution in [1.82, 2.24) is 9.80 Å². The predicted molar refractivity (Wildman–Crippen MR) is 132 cm³/mol. The van der Waals surface area contributed by atoms with Gasteiger partial charge in [-0.2, -0.15) is 0 Å². The molecule has 5 heteroatoms. The molecule has 2 aliphatic heterocycles. The number of hydrogen-bond donors (Lipinski definition) is 0. The minimum atomic E-state index is -0.412. The molecule has 2 atom stereocenters. The third-order valence-electron chi connectivity index (χ3n) is 7.29. The number of benzene rings is 3. The molecule has 3 aromatic rings. The van der Waals surface area contributed by atoms with E-state index in [-0.39, 0.29) is 12.7 Å². The second kappa shape index (κ2) is 9.70. The van der Waals surface area contributed by atoms with Crippen LogP contribution in [-0.4, -0.2) is 35.0 Å². The summed E-state index contributed by atoms with van der Waals surface area (Å²) in [5.41, 5.74) is 3.61. The standard InChI is InChI=1S/C29H29N3O2/c1-30-26-14-12-25(13-15-26)29-17-19-31(21-23-8-4-2-5-9-23)27(20-29)16-18-32(29)28(33)34-22-24-10-6-3-7-11-24/h2-15,27H,16-22H2. The van der Waals surface area contributed by atoms with Gasteiger partial charge in [0.2, 0.25) is 0 Å². The van der Waals surface area contributed by atoms with Crippen LogP contribution in [0.2, 0.25) is 0 Å². The van der Waals surface area contributed by atoms with Gasteiger partial charge >= 0.3 is 6.09 Å². The summed E-state index contributed by atoms with van der Waals surface area (Å²) in [6, 6.07) is 28.6. The molecule has 2 heterocycles. The van der Waals surface area contributed by atoms with E-state index >= 15 is 0 Å². The number of rotatable bonds is 5. The Morgan fingerprint density at radius 2 is 1.62 bits per heavy atom. The molecule has 2 unspecified atom stereocenters. The highest BCUT2D eigenvalue weighted by Crippen LogP contribution is 2.46. The highest BCUT2D eigenvalue weighted by molar-refractivity contribution is 5.70. The van der Waals surface area contributed by atoms with Crippen LogP contribution in [0.4, 0.5) is 10.5 Å². The first-order valence-corrected chi connectivity index (χ1v) is 11.9. The summed E-state index contributed by atoms with van der Waals surface area (Å²) in [6.07, 6.45) is 2.38. The van der Waals surface area contributed by atoms with Gasteiger partial charge in [-0.05, 0) is 36.0 Å². The zero-order valence-corrected chi connectivity index (χ0v) is 19.3. The van der Waals surface area contributed by atoms with Crippen LogP contribution in [0.15, 0.2) is 84.9 Å². The van der Waals surface area contributed by atoms with Crippen LogP contribution in [0.3, 0.4) is 0 Å². The maximum atomic E-state index is 13.4. The Bertz CT molecular complexity index is 1160. The first-order valence-electron chi connectivity index (χ1n) is 11.9. The summed E-state index contributed by atoms with van der Waals surface area (Å²) in [4.78, 5) is 21.5. The van der Waals surface area contributed by atoms with E-state index in [0.717, 1.165) is 43.5 Å². The predicted octanol–water partition coefficient (Wildman–Crippen LogP) is 6.14. The molecule has 0 saturated carbocycles. The van der Waals surface area contributed by atoms with Crippen LogP contribution in [0, 0.1) is 6.57 Å². The summed E-state index contributed by atoms with van der Waals surface area (Å²) >= 11 is 0. The van der Waals surface area contributed by atoms with E-state index in [2.05, 4.69) is 40.1 Å². The third-order valence-corrected chi connectivity index (χ3v) is 7.29. The van der Waals surface area contributed by atoms with Gasteiger partial charge in [0.05, 0.1) is 12.1 Å². The first-order chi connectivity index (χ1) is 16.7. The van der Waals surface area contributed by atoms with Crippen LogP contribution in [0.5, 0.6) is 0 Å². The van der Waals surface area contributed by atoms with Gasteiger partial charge in [-0.15, -0.1) is 0 Å². The van der Waals surface area contributed by atoms with Gasteiger partial charge in [0.1, 0.15) is 6.61 Å². The molecule has 2 fully saturated rings. The van der Waals surface area contributed by atoms with Crippen molar-refractivity contribution >= 4 is 11.8 Å². The molecule has 1 amide bonds. The topological polar surface area (TPSA) is 37.1 Å². The van der Waals surface area contributed by atoms with Gasteiger partial charge in [-0.25, -0.2) is 9.64 Å². The van der Waals surface area contributed by atoms with Gasteiger partial charge in [0, 0.05) is 25.7 Å². The minimum Gasteiger partial charge on any atom is -0.445 e. The van der Waals surface area contributed by atoms with Crippen molar-refractivity contribution in [2.75, 3.05) is 13.1 Å². The second-order valence-corrected chi connectivity index (χ2v) is 9.23. The SMILES string of the molecule is [C-]#[N+]c1ccc(C23CCN(Cc4ccccc4)C(CCN2C(=O)OCc2ccccc2)C3)cc1. The molecular weight excluding hydrogens is 422 g/mol. The Morgan fingerprint density at radius 1 is 0.941 bits per heavy atom. The van der Waals surface area contributed by atoms with E-state index in [1.54, 1.807) is 0 Å². The monoisotopic (exact) mass is 451 g/mol. The molecule has 0 aromatic heterocycles. The summed E-state index contributed by atoms with van der Waals surface area (Å²) in [6.45, 7) is 10.1. The van der Waals surface area contributed by atoms with Crippen LogP contribution >= 0.6 is 0 Å². The molecule has 0 aliphatic carbocycles. The average Bonchev–Trinajstić information content (AvgIpc) is 2.90. The molecule has 172 valence electrons. The number of carbonyl (C=O) groups excluding carboxylic acids is 1. The van der Waals surface area contributed by atoms with E-state index in [0.29, 0.717) is 18.3 Å². The maximum absolute atomic E-state index is 13.4. The molecule has 34 heavy (non-hydrogen) atoms. The summed E-state index contributed by atoms with van der Waals surface area (Å²) in [7, 11) is 0. The molecule has 2 bridgehead atoms. The Morgan fingerprint density at radius 3 is 2.29 bits per heavy atom. The third kappa shape index (κ3) is 4.42. The van der Waals surface area contributed by atoms with Crippen molar-refractivity contribution in [3.05, 3.63) is 113 Å². The van der Waals surface area contributed by atoms with E-state index in [9.17, 15) is 4.79 Å². The van der Waals surface area contributed by atoms with Crippen molar-refractivity contribution < 1.29 is 9.53 Å². The number of likely N-dealkylation sites (tertiary alicyclic amines) is 2. The van der Waals surface area contributed by atoms with Gasteiger partial charge < -0.3 is 4.74 Å². The number of nitrogens with zero attached hydrogens (tertiary/aromatic N) is 3. The van der Waals surface area contributed by atoms with Crippen LogP contribution in [-0.2, 0) is 23.4 Å². The summed E-state index contributed by atoms with van der Waals surface area (Å²) < 4.78 is 5.80. The lowest BCUT2D eigenvalue weighted by atomic mass is 9.72. The largest absolute Gasteiger partial charge is 0.445 e. The number of ether oxygens (including phenoxy) is 1. The van der Waals surface area contributed by atoms with Crippen molar-refractivity contribution in [1.29, 1.82) is 0 Å². The Balaban J connectivity index is 1.39. The lowest BCUT2D eigenvalue weighted by molar-refractivity contribution is -0.0533. The van der Waals surface area contributed by atoms with Crippen molar-refractivity contribution in [2.24, 2.45) is 0 Å². The molecule has 5 nitrogen and oxygen atoms in total. The number of hydrogen-bond acceptors (Lipinski definition) is 3. The smallest absolute Gasteiger partial charge is 0.410 e. The maximum Gasteiger partial charge on any atom is 0.410 e. The molecule has 0 spiro atoms. The first kappa shape index (κ1) is 22.2. The van der Waals surface area contributed by atoms with E-state index < -0.39 is 5.54 Å². The molecule has 0 radical (unpaired) electrons. The minimum absolute atomic E-state index is 0.256. The zero-order chi connectivity index (χ0) is 23.4. The molecular formula is C29H29N3O2. The van der Waals surface area contributed by atoms with Crippen molar-refractivity contribution in [3.8, 4) is 0 Å². The lowest BCUT2D eigenvalue weighted by Gasteiger charge is -2.56. The molecule has 2 saturated heterocycles. The molecule has 0 N–H and O–H groups in total. The second-order valence-electron chi connectivity index (χ2n) is 9.23. The quantitative estimate of drug-likeness (QED) is 0.437. The van der Waals surface area contributed by atoms with Crippen LogP contribution in [0.1, 0.15) is 36.0 Å². The van der Waals surface area contributed by atoms with Gasteiger partial charge in [-0.1, -0.05) is 84.9 Å². The highest BCUT2D eigenvalue weighted by atomic mass is 16.6. The Hall–Kier alpha value is -3.62. The van der Waals surface area contributed by atoms with Gasteiger partial charge in [0.15, 0.2) is 5.69 Å². The van der Waals surface area contributed by atoms with E-state index in [1.807, 2.05) is 59.5 Å². The Labute approximate surface area is 201 Å². The van der Waals surface area contributed by atoms with Gasteiger partial charge in [-0.3, -0.25) is 9.80 Å². The fourth-order valence-electron chi connectivity index (χ4n) is 5.51. The fraction of sp³-hybridized carbons (Fsp3) is 0.310. The summed E-state index contributed by atoms with van der Waals surface area (Å²) in [5.74, 6) is 0. The summed E-state index contributed by atoms with van der Waals surface area (Å²) in [5, 5.41) is 0.